The summed E-state index contributed by atoms with van der Waals surface area (Å²) in [6.07, 6.45) is 5.62. The molecule has 0 bridgehead atoms. The number of ether oxygens (including phenoxy) is 1. The summed E-state index contributed by atoms with van der Waals surface area (Å²) >= 11 is 0. The highest BCUT2D eigenvalue weighted by Gasteiger charge is 2.45. The van der Waals surface area contributed by atoms with Crippen molar-refractivity contribution >= 4 is 28.4 Å². The number of piperidine rings is 1. The van der Waals surface area contributed by atoms with Crippen molar-refractivity contribution in [3.8, 4) is 22.6 Å². The maximum absolute atomic E-state index is 13.8. The first-order valence-corrected chi connectivity index (χ1v) is 16.5. The van der Waals surface area contributed by atoms with Gasteiger partial charge < -0.3 is 15.0 Å². The van der Waals surface area contributed by atoms with Crippen molar-refractivity contribution in [2.45, 2.75) is 25.2 Å². The van der Waals surface area contributed by atoms with E-state index in [1.807, 2.05) is 34.1 Å². The summed E-state index contributed by atoms with van der Waals surface area (Å²) in [5.41, 5.74) is 3.86. The number of alkyl halides is 1. The van der Waals surface area contributed by atoms with Gasteiger partial charge in [-0.15, -0.1) is 0 Å². The molecule has 0 radical (unpaired) electrons. The third-order valence-corrected chi connectivity index (χ3v) is 9.72. The van der Waals surface area contributed by atoms with Gasteiger partial charge in [0.05, 0.1) is 29.8 Å². The van der Waals surface area contributed by atoms with Gasteiger partial charge >= 0.3 is 0 Å². The number of hydrogen-bond donors (Lipinski definition) is 2. The van der Waals surface area contributed by atoms with Crippen LogP contribution < -0.4 is 5.32 Å². The highest BCUT2D eigenvalue weighted by atomic mass is 19.1. The molecule has 2 aromatic heterocycles. The van der Waals surface area contributed by atoms with Gasteiger partial charge in [-0.25, -0.2) is 18.7 Å². The minimum Gasteiger partial charge on any atom is -0.349 e. The van der Waals surface area contributed by atoms with E-state index in [0.717, 1.165) is 34.9 Å². The Labute approximate surface area is 282 Å². The van der Waals surface area contributed by atoms with Crippen LogP contribution in [0.2, 0.25) is 0 Å². The van der Waals surface area contributed by atoms with E-state index in [2.05, 4.69) is 37.6 Å². The summed E-state index contributed by atoms with van der Waals surface area (Å²) < 4.78 is 31.9. The molecule has 0 aliphatic carbocycles. The van der Waals surface area contributed by atoms with E-state index in [1.165, 1.54) is 17.7 Å². The quantitative estimate of drug-likeness (QED) is 0.194. The number of nitrogens with zero attached hydrogens (tertiary/aromatic N) is 5. The van der Waals surface area contributed by atoms with Gasteiger partial charge in [-0.2, -0.15) is 5.10 Å². The average molecular weight is 666 g/mol. The van der Waals surface area contributed by atoms with Crippen LogP contribution in [0.25, 0.3) is 33.5 Å². The predicted molar refractivity (Wildman–Crippen MR) is 182 cm³/mol. The second-order valence-electron chi connectivity index (χ2n) is 12.8. The Balaban J connectivity index is 0.963. The molecule has 49 heavy (non-hydrogen) atoms. The van der Waals surface area contributed by atoms with Crippen LogP contribution in [-0.4, -0.2) is 88.0 Å². The van der Waals surface area contributed by atoms with Crippen molar-refractivity contribution in [1.82, 2.24) is 30.0 Å². The van der Waals surface area contributed by atoms with E-state index in [4.69, 9.17) is 4.74 Å². The molecule has 2 fully saturated rings. The second kappa shape index (κ2) is 14.2. The molecule has 7 rings (SSSR count). The van der Waals surface area contributed by atoms with Crippen LogP contribution in [0.1, 0.15) is 30.7 Å². The predicted octanol–water partition coefficient (Wildman–Crippen LogP) is 5.81. The van der Waals surface area contributed by atoms with Crippen LogP contribution in [-0.2, 0) is 14.3 Å². The van der Waals surface area contributed by atoms with Crippen LogP contribution in [0.3, 0.4) is 0 Å². The highest BCUT2D eigenvalue weighted by Crippen LogP contribution is 2.35. The van der Waals surface area contributed by atoms with E-state index >= 15 is 0 Å². The van der Waals surface area contributed by atoms with Crippen molar-refractivity contribution in [2.75, 3.05) is 51.5 Å². The molecule has 12 heteroatoms. The fourth-order valence-electron chi connectivity index (χ4n) is 6.99. The number of carbonyl (C=O) groups excluding carboxylic acids is 2. The molecule has 3 aromatic carbocycles. The molecule has 0 unspecified atom stereocenters. The number of likely N-dealkylation sites (tertiary alicyclic amines) is 2. The van der Waals surface area contributed by atoms with E-state index in [9.17, 15) is 18.4 Å². The first-order chi connectivity index (χ1) is 23.9. The van der Waals surface area contributed by atoms with E-state index in [1.54, 1.807) is 36.7 Å². The molecule has 252 valence electrons. The second-order valence-corrected chi connectivity index (χ2v) is 12.8. The van der Waals surface area contributed by atoms with E-state index in [-0.39, 0.29) is 37.3 Å². The molecule has 5 aromatic rings. The summed E-state index contributed by atoms with van der Waals surface area (Å²) in [6, 6.07) is 21.6. The number of carbonyl (C=O) groups is 2. The molecule has 2 saturated heterocycles. The third-order valence-electron chi connectivity index (χ3n) is 9.72. The standard InChI is InChI=1S/C37H37F2N7O3/c38-24-49-23-37(36(48)42-30-10-11-32-31(20-30)34(44-43-32)27-6-8-29(39)9-7-27)14-19-45(22-37)21-33(47)46-17-12-26(13-18-46)25-2-4-28(5-3-25)35-40-15-1-16-41-35/h1-11,15-16,20,26H,12-14,17-19,21-24H2,(H,42,48)(H,43,44)/t37-/m1/s1. The average Bonchev–Trinajstić information content (AvgIpc) is 3.76. The third kappa shape index (κ3) is 7.06. The number of fused-ring (bicyclic) bond motifs is 1. The Morgan fingerprint density at radius 3 is 2.43 bits per heavy atom. The molecule has 1 atom stereocenters. The number of H-pyrrole nitrogens is 1. The van der Waals surface area contributed by atoms with E-state index < -0.39 is 12.3 Å². The first kappa shape index (κ1) is 32.5. The van der Waals surface area contributed by atoms with Crippen molar-refractivity contribution < 1.29 is 23.1 Å². The molecule has 2 amide bonds. The zero-order valence-corrected chi connectivity index (χ0v) is 26.9. The highest BCUT2D eigenvalue weighted by molar-refractivity contribution is 6.00. The van der Waals surface area contributed by atoms with Crippen molar-refractivity contribution in [3.05, 3.63) is 96.6 Å². The Morgan fingerprint density at radius 2 is 1.69 bits per heavy atom. The van der Waals surface area contributed by atoms with Crippen molar-refractivity contribution in [1.29, 1.82) is 0 Å². The van der Waals surface area contributed by atoms with Gasteiger partial charge in [0.1, 0.15) is 5.82 Å². The molecular weight excluding hydrogens is 628 g/mol. The lowest BCUT2D eigenvalue weighted by Gasteiger charge is -2.33. The van der Waals surface area contributed by atoms with Crippen molar-refractivity contribution in [3.63, 3.8) is 0 Å². The molecular formula is C37H37F2N7O3. The van der Waals surface area contributed by atoms with Crippen molar-refractivity contribution in [2.24, 2.45) is 5.41 Å². The lowest BCUT2D eigenvalue weighted by atomic mass is 9.86. The largest absolute Gasteiger partial charge is 0.349 e. The SMILES string of the molecule is O=C(CN1CC[C@@](COCF)(C(=O)Nc2ccc3[nH]nc(-c4ccc(F)cc4)c3c2)C1)N1CCC(c2ccc(-c3ncccn3)cc2)CC1. The lowest BCUT2D eigenvalue weighted by molar-refractivity contribution is -0.135. The number of aromatic amines is 1. The Morgan fingerprint density at radius 1 is 0.959 bits per heavy atom. The molecule has 10 nitrogen and oxygen atoms in total. The number of benzene rings is 3. The van der Waals surface area contributed by atoms with Gasteiger partial charge in [0, 0.05) is 54.2 Å². The Hall–Kier alpha value is -5.07. The molecule has 4 heterocycles. The van der Waals surface area contributed by atoms with Crippen LogP contribution in [0, 0.1) is 11.2 Å². The zero-order chi connectivity index (χ0) is 33.8. The lowest BCUT2D eigenvalue weighted by Crippen LogP contribution is -2.46. The molecule has 0 saturated carbocycles. The number of aromatic nitrogens is 4. The van der Waals surface area contributed by atoms with E-state index in [0.29, 0.717) is 49.2 Å². The first-order valence-electron chi connectivity index (χ1n) is 16.5. The number of halogens is 2. The topological polar surface area (TPSA) is 116 Å². The fourth-order valence-corrected chi connectivity index (χ4v) is 6.99. The summed E-state index contributed by atoms with van der Waals surface area (Å²) in [5.74, 6) is 0.446. The molecule has 2 N–H and O–H groups in total. The van der Waals surface area contributed by atoms with Crippen LogP contribution in [0.4, 0.5) is 14.5 Å². The zero-order valence-electron chi connectivity index (χ0n) is 26.9. The van der Waals surface area contributed by atoms with Crippen LogP contribution >= 0.6 is 0 Å². The number of nitrogens with one attached hydrogen (secondary N) is 2. The normalized spacial score (nSPS) is 18.6. The minimum atomic E-state index is -1.03. The number of rotatable bonds is 10. The van der Waals surface area contributed by atoms with Gasteiger partial charge in [0.15, 0.2) is 12.7 Å². The van der Waals surface area contributed by atoms with Gasteiger partial charge in [-0.05, 0) is 85.8 Å². The summed E-state index contributed by atoms with van der Waals surface area (Å²) in [7, 11) is 0. The smallest absolute Gasteiger partial charge is 0.236 e. The van der Waals surface area contributed by atoms with Crippen LogP contribution in [0.15, 0.2) is 85.2 Å². The summed E-state index contributed by atoms with van der Waals surface area (Å²) in [5, 5.41) is 11.1. The van der Waals surface area contributed by atoms with Gasteiger partial charge in [-0.1, -0.05) is 24.3 Å². The maximum Gasteiger partial charge on any atom is 0.236 e. The van der Waals surface area contributed by atoms with Gasteiger partial charge in [0.25, 0.3) is 0 Å². The fraction of sp³-hybridized carbons (Fsp3) is 0.324. The molecule has 2 aliphatic heterocycles. The number of hydrogen-bond acceptors (Lipinski definition) is 7. The maximum atomic E-state index is 13.8. The number of amides is 2. The molecule has 0 spiro atoms. The molecule has 2 aliphatic rings. The van der Waals surface area contributed by atoms with Gasteiger partial charge in [-0.3, -0.25) is 19.6 Å². The summed E-state index contributed by atoms with van der Waals surface area (Å²) in [4.78, 5) is 39.7. The number of anilines is 1. The Kier molecular flexibility index (Phi) is 9.41. The minimum absolute atomic E-state index is 0.0244. The van der Waals surface area contributed by atoms with Crippen LogP contribution in [0.5, 0.6) is 0 Å². The monoisotopic (exact) mass is 665 g/mol. The van der Waals surface area contributed by atoms with Gasteiger partial charge in [0.2, 0.25) is 11.8 Å². The Bertz CT molecular complexity index is 1910. The summed E-state index contributed by atoms with van der Waals surface area (Å²) in [6.45, 7) is 1.18.